The van der Waals surface area contributed by atoms with Crippen LogP contribution in [0.2, 0.25) is 0 Å². The van der Waals surface area contributed by atoms with E-state index in [0.29, 0.717) is 25.4 Å². The molecule has 0 radical (unpaired) electrons. The molecule has 0 aromatic rings. The topological polar surface area (TPSA) is 38.3 Å². The Morgan fingerprint density at radius 2 is 2.06 bits per heavy atom. The number of ketones is 1. The van der Waals surface area contributed by atoms with Crippen molar-refractivity contribution < 1.29 is 9.53 Å². The lowest BCUT2D eigenvalue weighted by atomic mass is 9.86. The number of carbonyl (C=O) groups excluding carboxylic acids is 1. The van der Waals surface area contributed by atoms with E-state index in [-0.39, 0.29) is 17.4 Å². The highest BCUT2D eigenvalue weighted by molar-refractivity contribution is 5.82. The molecule has 3 heteroatoms. The fourth-order valence-electron chi connectivity index (χ4n) is 2.02. The maximum Gasteiger partial charge on any atom is 0.139 e. The standard InChI is InChI=1S/C13H25NO2/c1-5-14-11-9-16-8-10(11)12(15)6-7-13(2,3)4/h10-11,14H,5-9H2,1-4H3. The SMILES string of the molecule is CCNC1COCC1C(=O)CCC(C)(C)C. The van der Waals surface area contributed by atoms with Crippen molar-refractivity contribution in [2.75, 3.05) is 19.8 Å². The van der Waals surface area contributed by atoms with Crippen LogP contribution in [0.1, 0.15) is 40.5 Å². The van der Waals surface area contributed by atoms with E-state index in [9.17, 15) is 4.79 Å². The van der Waals surface area contributed by atoms with E-state index in [2.05, 4.69) is 33.0 Å². The van der Waals surface area contributed by atoms with Crippen LogP contribution >= 0.6 is 0 Å². The van der Waals surface area contributed by atoms with E-state index in [1.807, 2.05) is 0 Å². The fourth-order valence-corrected chi connectivity index (χ4v) is 2.02. The summed E-state index contributed by atoms with van der Waals surface area (Å²) in [6, 6.07) is 0.234. The first-order chi connectivity index (χ1) is 7.44. The monoisotopic (exact) mass is 227 g/mol. The van der Waals surface area contributed by atoms with Crippen molar-refractivity contribution in [3.05, 3.63) is 0 Å². The first-order valence-electron chi connectivity index (χ1n) is 6.28. The molecule has 0 amide bonds. The molecule has 2 unspecified atom stereocenters. The number of likely N-dealkylation sites (N-methyl/N-ethyl adjacent to an activating group) is 1. The minimum absolute atomic E-state index is 0.0716. The Bertz CT molecular complexity index is 233. The maximum absolute atomic E-state index is 12.1. The zero-order chi connectivity index (χ0) is 12.2. The second kappa shape index (κ2) is 5.78. The summed E-state index contributed by atoms with van der Waals surface area (Å²) < 4.78 is 5.39. The van der Waals surface area contributed by atoms with Crippen molar-refractivity contribution in [2.24, 2.45) is 11.3 Å². The van der Waals surface area contributed by atoms with Crippen LogP contribution in [-0.2, 0) is 9.53 Å². The third-order valence-electron chi connectivity index (χ3n) is 3.08. The van der Waals surface area contributed by atoms with Crippen LogP contribution in [0.4, 0.5) is 0 Å². The minimum Gasteiger partial charge on any atom is -0.379 e. The van der Waals surface area contributed by atoms with Gasteiger partial charge in [-0.2, -0.15) is 0 Å². The van der Waals surface area contributed by atoms with Crippen molar-refractivity contribution in [1.29, 1.82) is 0 Å². The average Bonchev–Trinajstić information content (AvgIpc) is 2.62. The van der Waals surface area contributed by atoms with Gasteiger partial charge in [0, 0.05) is 12.5 Å². The van der Waals surface area contributed by atoms with E-state index in [1.165, 1.54) is 0 Å². The molecule has 94 valence electrons. The van der Waals surface area contributed by atoms with Crippen LogP contribution in [0.3, 0.4) is 0 Å². The van der Waals surface area contributed by atoms with E-state index in [4.69, 9.17) is 4.74 Å². The highest BCUT2D eigenvalue weighted by Crippen LogP contribution is 2.24. The molecule has 1 rings (SSSR count). The first-order valence-corrected chi connectivity index (χ1v) is 6.28. The van der Waals surface area contributed by atoms with Gasteiger partial charge in [0.2, 0.25) is 0 Å². The van der Waals surface area contributed by atoms with Gasteiger partial charge in [-0.25, -0.2) is 0 Å². The largest absolute Gasteiger partial charge is 0.379 e. The summed E-state index contributed by atoms with van der Waals surface area (Å²) in [6.07, 6.45) is 1.64. The lowest BCUT2D eigenvalue weighted by Crippen LogP contribution is -2.39. The summed E-state index contributed by atoms with van der Waals surface area (Å²) in [6.45, 7) is 10.8. The van der Waals surface area contributed by atoms with Gasteiger partial charge in [-0.15, -0.1) is 0 Å². The van der Waals surface area contributed by atoms with Crippen LogP contribution in [-0.4, -0.2) is 31.6 Å². The molecule has 1 fully saturated rings. The Morgan fingerprint density at radius 3 is 2.62 bits per heavy atom. The summed E-state index contributed by atoms with van der Waals surface area (Å²) in [5, 5.41) is 3.33. The second-order valence-electron chi connectivity index (χ2n) is 5.84. The van der Waals surface area contributed by atoms with Crippen molar-refractivity contribution >= 4 is 5.78 Å². The summed E-state index contributed by atoms with van der Waals surface area (Å²) in [5.74, 6) is 0.431. The van der Waals surface area contributed by atoms with Gasteiger partial charge in [-0.3, -0.25) is 4.79 Å². The summed E-state index contributed by atoms with van der Waals surface area (Å²) in [5.41, 5.74) is 0.239. The maximum atomic E-state index is 12.1. The number of Topliss-reactive ketones (excluding diaryl/α,β-unsaturated/α-hetero) is 1. The van der Waals surface area contributed by atoms with Gasteiger partial charge in [0.1, 0.15) is 5.78 Å². The molecular weight excluding hydrogens is 202 g/mol. The van der Waals surface area contributed by atoms with Gasteiger partial charge in [-0.1, -0.05) is 27.7 Å². The predicted octanol–water partition coefficient (Wildman–Crippen LogP) is 2.01. The van der Waals surface area contributed by atoms with Gasteiger partial charge in [-0.05, 0) is 18.4 Å². The third-order valence-corrected chi connectivity index (χ3v) is 3.08. The number of carbonyl (C=O) groups is 1. The fraction of sp³-hybridized carbons (Fsp3) is 0.923. The zero-order valence-corrected chi connectivity index (χ0v) is 11.0. The number of rotatable bonds is 5. The Balaban J connectivity index is 2.40. The molecule has 0 bridgehead atoms. The normalized spacial score (nSPS) is 26.0. The number of hydrogen-bond donors (Lipinski definition) is 1. The second-order valence-corrected chi connectivity index (χ2v) is 5.84. The Hall–Kier alpha value is -0.410. The van der Waals surface area contributed by atoms with E-state index >= 15 is 0 Å². The summed E-state index contributed by atoms with van der Waals surface area (Å²) in [7, 11) is 0. The average molecular weight is 227 g/mol. The molecule has 3 nitrogen and oxygen atoms in total. The van der Waals surface area contributed by atoms with Crippen LogP contribution in [0.5, 0.6) is 0 Å². The number of ether oxygens (including phenoxy) is 1. The molecule has 0 aliphatic carbocycles. The molecule has 2 atom stereocenters. The molecule has 16 heavy (non-hydrogen) atoms. The molecule has 0 aromatic carbocycles. The van der Waals surface area contributed by atoms with E-state index < -0.39 is 0 Å². The molecule has 0 saturated carbocycles. The van der Waals surface area contributed by atoms with Gasteiger partial charge in [0.05, 0.1) is 19.1 Å². The van der Waals surface area contributed by atoms with Gasteiger partial charge < -0.3 is 10.1 Å². The van der Waals surface area contributed by atoms with Crippen molar-refractivity contribution in [1.82, 2.24) is 5.32 Å². The molecule has 0 aromatic heterocycles. The van der Waals surface area contributed by atoms with Gasteiger partial charge >= 0.3 is 0 Å². The molecule has 1 aliphatic heterocycles. The highest BCUT2D eigenvalue weighted by Gasteiger charge is 2.33. The highest BCUT2D eigenvalue weighted by atomic mass is 16.5. The van der Waals surface area contributed by atoms with Crippen molar-refractivity contribution in [3.63, 3.8) is 0 Å². The smallest absolute Gasteiger partial charge is 0.139 e. The van der Waals surface area contributed by atoms with Crippen molar-refractivity contribution in [2.45, 2.75) is 46.6 Å². The quantitative estimate of drug-likeness (QED) is 0.781. The Labute approximate surface area is 98.9 Å². The first kappa shape index (κ1) is 13.7. The van der Waals surface area contributed by atoms with E-state index in [1.54, 1.807) is 0 Å². The minimum atomic E-state index is 0.0716. The molecule has 1 N–H and O–H groups in total. The Morgan fingerprint density at radius 1 is 1.38 bits per heavy atom. The van der Waals surface area contributed by atoms with Crippen LogP contribution in [0, 0.1) is 11.3 Å². The van der Waals surface area contributed by atoms with Gasteiger partial charge in [0.15, 0.2) is 0 Å². The zero-order valence-electron chi connectivity index (χ0n) is 11.0. The van der Waals surface area contributed by atoms with Gasteiger partial charge in [0.25, 0.3) is 0 Å². The van der Waals surface area contributed by atoms with Crippen LogP contribution < -0.4 is 5.32 Å². The van der Waals surface area contributed by atoms with Crippen LogP contribution in [0.15, 0.2) is 0 Å². The Kier molecular flexibility index (Phi) is 4.93. The molecule has 1 saturated heterocycles. The molecule has 0 spiro atoms. The van der Waals surface area contributed by atoms with Crippen LogP contribution in [0.25, 0.3) is 0 Å². The lowest BCUT2D eigenvalue weighted by molar-refractivity contribution is -0.123. The molecule has 1 aliphatic rings. The summed E-state index contributed by atoms with van der Waals surface area (Å²) in [4.78, 5) is 12.1. The predicted molar refractivity (Wildman–Crippen MR) is 65.5 cm³/mol. The molecule has 1 heterocycles. The lowest BCUT2D eigenvalue weighted by Gasteiger charge is -2.21. The third kappa shape index (κ3) is 4.22. The van der Waals surface area contributed by atoms with E-state index in [0.717, 1.165) is 13.0 Å². The van der Waals surface area contributed by atoms with Crippen molar-refractivity contribution in [3.8, 4) is 0 Å². The number of hydrogen-bond acceptors (Lipinski definition) is 3. The number of nitrogens with one attached hydrogen (secondary N) is 1. The summed E-state index contributed by atoms with van der Waals surface area (Å²) >= 11 is 0. The molecular formula is C13H25NO2.